The van der Waals surface area contributed by atoms with Gasteiger partial charge in [-0.1, -0.05) is 19.8 Å². The first kappa shape index (κ1) is 12.4. The van der Waals surface area contributed by atoms with Crippen LogP contribution in [0.15, 0.2) is 0 Å². The third kappa shape index (κ3) is 2.98. The van der Waals surface area contributed by atoms with E-state index in [1.165, 1.54) is 64.5 Å². The van der Waals surface area contributed by atoms with Gasteiger partial charge in [0, 0.05) is 12.6 Å². The molecule has 2 fully saturated rings. The van der Waals surface area contributed by atoms with E-state index >= 15 is 0 Å². The average molecular weight is 224 g/mol. The quantitative estimate of drug-likeness (QED) is 0.751. The predicted octanol–water partition coefficient (Wildman–Crippen LogP) is 2.77. The van der Waals surface area contributed by atoms with Gasteiger partial charge < -0.3 is 5.73 Å². The summed E-state index contributed by atoms with van der Waals surface area (Å²) >= 11 is 0. The Morgan fingerprint density at radius 2 is 2.12 bits per heavy atom. The SMILES string of the molecule is CCCC1CCCCN1CC1(CCN)CC1. The summed E-state index contributed by atoms with van der Waals surface area (Å²) in [6.45, 7) is 5.89. The largest absolute Gasteiger partial charge is 0.330 e. The molecule has 2 N–H and O–H groups in total. The second-order valence-corrected chi connectivity index (χ2v) is 5.95. The van der Waals surface area contributed by atoms with Crippen LogP contribution in [0.2, 0.25) is 0 Å². The van der Waals surface area contributed by atoms with E-state index < -0.39 is 0 Å². The fourth-order valence-electron chi connectivity index (χ4n) is 3.33. The summed E-state index contributed by atoms with van der Waals surface area (Å²) in [4.78, 5) is 2.79. The molecule has 94 valence electrons. The van der Waals surface area contributed by atoms with E-state index in [-0.39, 0.29) is 0 Å². The van der Waals surface area contributed by atoms with Crippen molar-refractivity contribution < 1.29 is 0 Å². The predicted molar refractivity (Wildman–Crippen MR) is 69.5 cm³/mol. The minimum atomic E-state index is 0.637. The Hall–Kier alpha value is -0.0800. The normalized spacial score (nSPS) is 29.2. The molecular formula is C14H28N2. The maximum absolute atomic E-state index is 5.73. The van der Waals surface area contributed by atoms with Crippen molar-refractivity contribution in [3.05, 3.63) is 0 Å². The lowest BCUT2D eigenvalue weighted by atomic mass is 9.94. The Morgan fingerprint density at radius 1 is 1.31 bits per heavy atom. The second kappa shape index (κ2) is 5.50. The van der Waals surface area contributed by atoms with E-state index in [2.05, 4.69) is 11.8 Å². The number of nitrogens with zero attached hydrogens (tertiary/aromatic N) is 1. The van der Waals surface area contributed by atoms with Gasteiger partial charge in [-0.15, -0.1) is 0 Å². The van der Waals surface area contributed by atoms with Crippen LogP contribution in [-0.4, -0.2) is 30.6 Å². The van der Waals surface area contributed by atoms with Crippen LogP contribution in [0.3, 0.4) is 0 Å². The molecule has 16 heavy (non-hydrogen) atoms. The van der Waals surface area contributed by atoms with Gasteiger partial charge in [-0.05, 0) is 57.0 Å². The lowest BCUT2D eigenvalue weighted by Crippen LogP contribution is -2.43. The summed E-state index contributed by atoms with van der Waals surface area (Å²) in [6, 6.07) is 0.883. The topological polar surface area (TPSA) is 29.3 Å². The molecule has 2 heteroatoms. The Kier molecular flexibility index (Phi) is 4.26. The van der Waals surface area contributed by atoms with Crippen LogP contribution in [0, 0.1) is 5.41 Å². The van der Waals surface area contributed by atoms with Crippen molar-refractivity contribution in [3.63, 3.8) is 0 Å². The molecule has 0 amide bonds. The summed E-state index contributed by atoms with van der Waals surface area (Å²) in [5.74, 6) is 0. The van der Waals surface area contributed by atoms with Crippen molar-refractivity contribution in [3.8, 4) is 0 Å². The monoisotopic (exact) mass is 224 g/mol. The van der Waals surface area contributed by atoms with Gasteiger partial charge in [0.1, 0.15) is 0 Å². The minimum absolute atomic E-state index is 0.637. The van der Waals surface area contributed by atoms with Crippen molar-refractivity contribution in [1.82, 2.24) is 4.90 Å². The lowest BCUT2D eigenvalue weighted by molar-refractivity contribution is 0.109. The number of nitrogens with two attached hydrogens (primary N) is 1. The number of piperidine rings is 1. The van der Waals surface area contributed by atoms with Crippen LogP contribution in [0.25, 0.3) is 0 Å². The maximum Gasteiger partial charge on any atom is 0.00953 e. The zero-order valence-electron chi connectivity index (χ0n) is 10.9. The van der Waals surface area contributed by atoms with E-state index in [1.54, 1.807) is 0 Å². The molecule has 0 aromatic heterocycles. The summed E-state index contributed by atoms with van der Waals surface area (Å²) in [5.41, 5.74) is 6.37. The Balaban J connectivity index is 1.85. The van der Waals surface area contributed by atoms with Crippen molar-refractivity contribution >= 4 is 0 Å². The second-order valence-electron chi connectivity index (χ2n) is 5.95. The van der Waals surface area contributed by atoms with Crippen LogP contribution in [0.4, 0.5) is 0 Å². The van der Waals surface area contributed by atoms with Crippen LogP contribution >= 0.6 is 0 Å². The van der Waals surface area contributed by atoms with E-state index in [4.69, 9.17) is 5.73 Å². The smallest absolute Gasteiger partial charge is 0.00953 e. The molecule has 1 aliphatic carbocycles. The van der Waals surface area contributed by atoms with Crippen LogP contribution < -0.4 is 5.73 Å². The fraction of sp³-hybridized carbons (Fsp3) is 1.00. The molecule has 0 spiro atoms. The molecular weight excluding hydrogens is 196 g/mol. The molecule has 0 radical (unpaired) electrons. The molecule has 2 nitrogen and oxygen atoms in total. The van der Waals surface area contributed by atoms with Gasteiger partial charge >= 0.3 is 0 Å². The van der Waals surface area contributed by atoms with E-state index in [9.17, 15) is 0 Å². The number of hydrogen-bond acceptors (Lipinski definition) is 2. The summed E-state index contributed by atoms with van der Waals surface area (Å²) in [6.07, 6.45) is 11.2. The molecule has 2 rings (SSSR count). The molecule has 1 unspecified atom stereocenters. The van der Waals surface area contributed by atoms with Gasteiger partial charge in [0.05, 0.1) is 0 Å². The Morgan fingerprint density at radius 3 is 2.75 bits per heavy atom. The maximum atomic E-state index is 5.73. The molecule has 1 heterocycles. The van der Waals surface area contributed by atoms with E-state index in [1.807, 2.05) is 0 Å². The van der Waals surface area contributed by atoms with Crippen molar-refractivity contribution in [2.45, 2.75) is 64.3 Å². The van der Waals surface area contributed by atoms with Gasteiger partial charge in [-0.2, -0.15) is 0 Å². The zero-order valence-corrected chi connectivity index (χ0v) is 10.9. The van der Waals surface area contributed by atoms with Crippen LogP contribution in [-0.2, 0) is 0 Å². The first-order valence-electron chi connectivity index (χ1n) is 7.24. The van der Waals surface area contributed by atoms with Gasteiger partial charge in [0.2, 0.25) is 0 Å². The van der Waals surface area contributed by atoms with Crippen molar-refractivity contribution in [1.29, 1.82) is 0 Å². The number of hydrogen-bond donors (Lipinski definition) is 1. The average Bonchev–Trinajstić information content (AvgIpc) is 3.02. The van der Waals surface area contributed by atoms with Crippen molar-refractivity contribution in [2.75, 3.05) is 19.6 Å². The van der Waals surface area contributed by atoms with E-state index in [0.717, 1.165) is 12.6 Å². The highest BCUT2D eigenvalue weighted by molar-refractivity contribution is 4.97. The molecule has 2 aliphatic rings. The Labute approximate surface area is 101 Å². The molecule has 0 aromatic rings. The minimum Gasteiger partial charge on any atom is -0.330 e. The molecule has 1 aliphatic heterocycles. The summed E-state index contributed by atoms with van der Waals surface area (Å²) in [5, 5.41) is 0. The highest BCUT2D eigenvalue weighted by Gasteiger charge is 2.43. The van der Waals surface area contributed by atoms with Gasteiger partial charge in [0.25, 0.3) is 0 Å². The van der Waals surface area contributed by atoms with Gasteiger partial charge in [0.15, 0.2) is 0 Å². The van der Waals surface area contributed by atoms with Gasteiger partial charge in [-0.25, -0.2) is 0 Å². The third-order valence-electron chi connectivity index (χ3n) is 4.54. The molecule has 0 bridgehead atoms. The highest BCUT2D eigenvalue weighted by Crippen LogP contribution is 2.49. The molecule has 0 aromatic carbocycles. The number of likely N-dealkylation sites (tertiary alicyclic amines) is 1. The standard InChI is InChI=1S/C14H28N2/c1-2-5-13-6-3-4-11-16(13)12-14(7-8-14)9-10-15/h13H,2-12,15H2,1H3. The molecule has 1 saturated carbocycles. The molecule has 1 atom stereocenters. The summed E-state index contributed by atoms with van der Waals surface area (Å²) in [7, 11) is 0. The van der Waals surface area contributed by atoms with Gasteiger partial charge in [-0.3, -0.25) is 4.90 Å². The fourth-order valence-corrected chi connectivity index (χ4v) is 3.33. The summed E-state index contributed by atoms with van der Waals surface area (Å²) < 4.78 is 0. The van der Waals surface area contributed by atoms with Crippen LogP contribution in [0.1, 0.15) is 58.3 Å². The highest BCUT2D eigenvalue weighted by atomic mass is 15.2. The van der Waals surface area contributed by atoms with Crippen LogP contribution in [0.5, 0.6) is 0 Å². The zero-order chi connectivity index (χ0) is 11.4. The first-order valence-corrected chi connectivity index (χ1v) is 7.24. The molecule has 1 saturated heterocycles. The Bertz CT molecular complexity index is 209. The van der Waals surface area contributed by atoms with E-state index in [0.29, 0.717) is 5.41 Å². The third-order valence-corrected chi connectivity index (χ3v) is 4.54. The first-order chi connectivity index (χ1) is 7.79. The van der Waals surface area contributed by atoms with Crippen molar-refractivity contribution in [2.24, 2.45) is 11.1 Å². The number of rotatable bonds is 6. The lowest BCUT2D eigenvalue weighted by Gasteiger charge is -2.38.